The Bertz CT molecular complexity index is 380. The van der Waals surface area contributed by atoms with Gasteiger partial charge in [-0.1, -0.05) is 26.0 Å². The van der Waals surface area contributed by atoms with Crippen LogP contribution in [0, 0.1) is 5.92 Å². The van der Waals surface area contributed by atoms with E-state index in [2.05, 4.69) is 38.2 Å². The third-order valence-electron chi connectivity index (χ3n) is 3.44. The second-order valence-corrected chi connectivity index (χ2v) is 6.29. The highest BCUT2D eigenvalue weighted by molar-refractivity contribution is 5.28. The highest BCUT2D eigenvalue weighted by Gasteiger charge is 2.14. The smallest absolute Gasteiger partial charge is 0.118 e. The van der Waals surface area contributed by atoms with Gasteiger partial charge < -0.3 is 20.1 Å². The Kier molecular flexibility index (Phi) is 7.72. The molecule has 1 rings (SSSR count). The number of methoxy groups -OCH3 is 1. The molecule has 0 spiro atoms. The predicted octanol–water partition coefficient (Wildman–Crippen LogP) is 2.29. The maximum atomic E-state index is 10.3. The molecule has 0 fully saturated rings. The maximum Gasteiger partial charge on any atom is 0.118 e. The molecule has 0 radical (unpaired) electrons. The summed E-state index contributed by atoms with van der Waals surface area (Å²) >= 11 is 0. The molecule has 1 aromatic rings. The van der Waals surface area contributed by atoms with Crippen molar-refractivity contribution in [3.8, 4) is 5.75 Å². The molecule has 0 aliphatic heterocycles. The lowest BCUT2D eigenvalue weighted by Crippen LogP contribution is -2.41. The summed E-state index contributed by atoms with van der Waals surface area (Å²) in [5.41, 5.74) is 0.913. The zero-order chi connectivity index (χ0) is 15.8. The molecule has 21 heavy (non-hydrogen) atoms. The van der Waals surface area contributed by atoms with Crippen molar-refractivity contribution >= 4 is 0 Å². The van der Waals surface area contributed by atoms with E-state index in [1.807, 2.05) is 24.3 Å². The number of benzene rings is 1. The van der Waals surface area contributed by atoms with E-state index in [0.29, 0.717) is 18.5 Å². The van der Waals surface area contributed by atoms with Gasteiger partial charge in [-0.2, -0.15) is 0 Å². The van der Waals surface area contributed by atoms with Crippen LogP contribution in [0.25, 0.3) is 0 Å². The number of nitrogens with one attached hydrogen (secondary N) is 1. The zero-order valence-electron chi connectivity index (χ0n) is 14.0. The molecule has 0 heterocycles. The molecule has 2 unspecified atom stereocenters. The van der Waals surface area contributed by atoms with Crippen LogP contribution >= 0.6 is 0 Å². The van der Waals surface area contributed by atoms with E-state index in [0.717, 1.165) is 24.3 Å². The molecule has 0 aliphatic rings. The monoisotopic (exact) mass is 294 g/mol. The molecule has 120 valence electrons. The Labute approximate surface area is 129 Å². The highest BCUT2D eigenvalue weighted by Crippen LogP contribution is 2.17. The number of ether oxygens (including phenoxy) is 1. The van der Waals surface area contributed by atoms with Crippen LogP contribution in [0.2, 0.25) is 0 Å². The molecule has 2 atom stereocenters. The van der Waals surface area contributed by atoms with Gasteiger partial charge in [0.15, 0.2) is 0 Å². The largest absolute Gasteiger partial charge is 0.497 e. The normalized spacial score (nSPS) is 14.5. The Morgan fingerprint density at radius 1 is 1.19 bits per heavy atom. The van der Waals surface area contributed by atoms with Crippen LogP contribution < -0.4 is 10.1 Å². The molecule has 0 aliphatic carbocycles. The number of aliphatic hydroxyl groups is 1. The second kappa shape index (κ2) is 9.03. The minimum Gasteiger partial charge on any atom is -0.497 e. The topological polar surface area (TPSA) is 44.7 Å². The second-order valence-electron chi connectivity index (χ2n) is 6.29. The summed E-state index contributed by atoms with van der Waals surface area (Å²) in [7, 11) is 5.80. The lowest BCUT2D eigenvalue weighted by molar-refractivity contribution is 0.163. The summed E-state index contributed by atoms with van der Waals surface area (Å²) in [6.45, 7) is 6.00. The van der Waals surface area contributed by atoms with Gasteiger partial charge in [-0.25, -0.2) is 0 Å². The minimum absolute atomic E-state index is 0.396. The average molecular weight is 294 g/mol. The summed E-state index contributed by atoms with van der Waals surface area (Å²) in [5, 5.41) is 13.8. The fourth-order valence-electron chi connectivity index (χ4n) is 2.45. The first kappa shape index (κ1) is 18.0. The van der Waals surface area contributed by atoms with Crippen molar-refractivity contribution in [2.75, 3.05) is 34.3 Å². The van der Waals surface area contributed by atoms with E-state index >= 15 is 0 Å². The Morgan fingerprint density at radius 2 is 1.81 bits per heavy atom. The first-order valence-corrected chi connectivity index (χ1v) is 7.62. The summed E-state index contributed by atoms with van der Waals surface area (Å²) < 4.78 is 5.13. The number of likely N-dealkylation sites (N-methyl/N-ethyl adjacent to an activating group) is 1. The molecular weight excluding hydrogens is 264 g/mol. The summed E-state index contributed by atoms with van der Waals surface area (Å²) in [4.78, 5) is 2.18. The SMILES string of the molecule is COc1ccc(C(O)CNC(CC(C)C)CN(C)C)cc1. The van der Waals surface area contributed by atoms with Gasteiger partial charge in [0.25, 0.3) is 0 Å². The molecule has 2 N–H and O–H groups in total. The summed E-state index contributed by atoms with van der Waals surface area (Å²) in [6, 6.07) is 7.98. The summed E-state index contributed by atoms with van der Waals surface area (Å²) in [6.07, 6.45) is 0.612. The number of aliphatic hydroxyl groups excluding tert-OH is 1. The maximum absolute atomic E-state index is 10.3. The van der Waals surface area contributed by atoms with Crippen LogP contribution in [0.3, 0.4) is 0 Å². The molecule has 4 heteroatoms. The van der Waals surface area contributed by atoms with E-state index in [1.54, 1.807) is 7.11 Å². The standard InChI is InChI=1S/C17H30N2O2/c1-13(2)10-15(12-19(3)4)18-11-17(20)14-6-8-16(21-5)9-7-14/h6-9,13,15,17-18,20H,10-12H2,1-5H3. The van der Waals surface area contributed by atoms with Crippen molar-refractivity contribution in [2.24, 2.45) is 5.92 Å². The van der Waals surface area contributed by atoms with Gasteiger partial charge in [-0.05, 0) is 44.1 Å². The van der Waals surface area contributed by atoms with Crippen LogP contribution in [0.4, 0.5) is 0 Å². The lowest BCUT2D eigenvalue weighted by atomic mass is 10.0. The highest BCUT2D eigenvalue weighted by atomic mass is 16.5. The fourth-order valence-corrected chi connectivity index (χ4v) is 2.45. The van der Waals surface area contributed by atoms with Gasteiger partial charge in [-0.3, -0.25) is 0 Å². The number of nitrogens with zero attached hydrogens (tertiary/aromatic N) is 1. The van der Waals surface area contributed by atoms with Gasteiger partial charge in [-0.15, -0.1) is 0 Å². The van der Waals surface area contributed by atoms with Gasteiger partial charge in [0.05, 0.1) is 13.2 Å². The van der Waals surface area contributed by atoms with Crippen molar-refractivity contribution in [1.82, 2.24) is 10.2 Å². The van der Waals surface area contributed by atoms with Gasteiger partial charge >= 0.3 is 0 Å². The van der Waals surface area contributed by atoms with Crippen molar-refractivity contribution in [3.05, 3.63) is 29.8 Å². The molecule has 0 bridgehead atoms. The zero-order valence-corrected chi connectivity index (χ0v) is 14.0. The molecule has 0 aromatic heterocycles. The van der Waals surface area contributed by atoms with Gasteiger partial charge in [0, 0.05) is 19.1 Å². The Balaban J connectivity index is 2.52. The van der Waals surface area contributed by atoms with Crippen LogP contribution in [0.1, 0.15) is 31.9 Å². The first-order chi connectivity index (χ1) is 9.92. The molecule has 4 nitrogen and oxygen atoms in total. The number of rotatable bonds is 9. The molecule has 1 aromatic carbocycles. The van der Waals surface area contributed by atoms with Gasteiger partial charge in [0.2, 0.25) is 0 Å². The quantitative estimate of drug-likeness (QED) is 0.733. The van der Waals surface area contributed by atoms with E-state index in [1.165, 1.54) is 0 Å². The Hall–Kier alpha value is -1.10. The predicted molar refractivity (Wildman–Crippen MR) is 87.8 cm³/mol. The molecule has 0 saturated carbocycles. The van der Waals surface area contributed by atoms with Crippen molar-refractivity contribution in [1.29, 1.82) is 0 Å². The third-order valence-corrected chi connectivity index (χ3v) is 3.44. The van der Waals surface area contributed by atoms with Crippen molar-refractivity contribution in [2.45, 2.75) is 32.4 Å². The number of hydrogen-bond donors (Lipinski definition) is 2. The average Bonchev–Trinajstić information content (AvgIpc) is 2.43. The third kappa shape index (κ3) is 6.93. The van der Waals surface area contributed by atoms with Crippen LogP contribution in [0.5, 0.6) is 5.75 Å². The Morgan fingerprint density at radius 3 is 2.29 bits per heavy atom. The van der Waals surface area contributed by atoms with Crippen molar-refractivity contribution in [3.63, 3.8) is 0 Å². The lowest BCUT2D eigenvalue weighted by Gasteiger charge is -2.25. The number of hydrogen-bond acceptors (Lipinski definition) is 4. The molecular formula is C17H30N2O2. The van der Waals surface area contributed by atoms with Crippen LogP contribution in [-0.4, -0.2) is 50.3 Å². The van der Waals surface area contributed by atoms with E-state index < -0.39 is 6.10 Å². The molecule has 0 amide bonds. The summed E-state index contributed by atoms with van der Waals surface area (Å²) in [5.74, 6) is 1.45. The van der Waals surface area contributed by atoms with E-state index in [9.17, 15) is 5.11 Å². The fraction of sp³-hybridized carbons (Fsp3) is 0.647. The molecule has 0 saturated heterocycles. The first-order valence-electron chi connectivity index (χ1n) is 7.62. The van der Waals surface area contributed by atoms with E-state index in [4.69, 9.17) is 4.74 Å². The van der Waals surface area contributed by atoms with Gasteiger partial charge in [0.1, 0.15) is 5.75 Å². The van der Waals surface area contributed by atoms with Crippen LogP contribution in [-0.2, 0) is 0 Å². The van der Waals surface area contributed by atoms with E-state index in [-0.39, 0.29) is 0 Å². The van der Waals surface area contributed by atoms with Crippen LogP contribution in [0.15, 0.2) is 24.3 Å². The van der Waals surface area contributed by atoms with Crippen molar-refractivity contribution < 1.29 is 9.84 Å². The minimum atomic E-state index is -0.493.